The summed E-state index contributed by atoms with van der Waals surface area (Å²) >= 11 is 10.8. The van der Waals surface area contributed by atoms with Gasteiger partial charge in [-0.2, -0.15) is 13.2 Å². The molecule has 0 atom stereocenters. The zero-order valence-corrected chi connectivity index (χ0v) is 8.04. The second-order valence-corrected chi connectivity index (χ2v) is 3.23. The van der Waals surface area contributed by atoms with E-state index in [0.29, 0.717) is 0 Å². The predicted octanol–water partition coefficient (Wildman–Crippen LogP) is 3.82. The zero-order chi connectivity index (χ0) is 10.9. The van der Waals surface area contributed by atoms with Crippen molar-refractivity contribution in [2.45, 2.75) is 6.18 Å². The standard InChI is InChI=1S/C8H3Cl2F3O/c9-5-2-1-4(3-14)6(7(5)10)8(11,12)13/h1-3H. The lowest BCUT2D eigenvalue weighted by molar-refractivity contribution is -0.137. The topological polar surface area (TPSA) is 17.1 Å². The molecule has 1 nitrogen and oxygen atoms in total. The van der Waals surface area contributed by atoms with Gasteiger partial charge in [0.25, 0.3) is 0 Å². The Kier molecular flexibility index (Phi) is 3.07. The van der Waals surface area contributed by atoms with Gasteiger partial charge in [-0.25, -0.2) is 0 Å². The van der Waals surface area contributed by atoms with E-state index in [1.807, 2.05) is 0 Å². The molecule has 0 aliphatic rings. The number of benzene rings is 1. The van der Waals surface area contributed by atoms with Gasteiger partial charge >= 0.3 is 6.18 Å². The SMILES string of the molecule is O=Cc1ccc(Cl)c(Cl)c1C(F)(F)F. The Labute approximate surface area is 87.4 Å². The highest BCUT2D eigenvalue weighted by Gasteiger charge is 2.36. The van der Waals surface area contributed by atoms with Crippen molar-refractivity contribution >= 4 is 29.5 Å². The van der Waals surface area contributed by atoms with Gasteiger partial charge in [0, 0.05) is 5.56 Å². The lowest BCUT2D eigenvalue weighted by Crippen LogP contribution is -2.10. The van der Waals surface area contributed by atoms with Gasteiger partial charge in [0.1, 0.15) is 0 Å². The molecule has 0 saturated carbocycles. The van der Waals surface area contributed by atoms with Crippen molar-refractivity contribution in [2.24, 2.45) is 0 Å². The molecule has 0 N–H and O–H groups in total. The van der Waals surface area contributed by atoms with Crippen LogP contribution < -0.4 is 0 Å². The Hall–Kier alpha value is -0.740. The first-order chi connectivity index (χ1) is 6.38. The molecule has 0 aliphatic heterocycles. The fourth-order valence-corrected chi connectivity index (χ4v) is 1.39. The molecule has 0 saturated heterocycles. The Morgan fingerprint density at radius 3 is 2.21 bits per heavy atom. The van der Waals surface area contributed by atoms with E-state index in [2.05, 4.69) is 0 Å². The number of hydrogen-bond donors (Lipinski definition) is 0. The maximum atomic E-state index is 12.4. The highest BCUT2D eigenvalue weighted by atomic mass is 35.5. The van der Waals surface area contributed by atoms with E-state index in [-0.39, 0.29) is 11.3 Å². The van der Waals surface area contributed by atoms with E-state index in [9.17, 15) is 18.0 Å². The normalized spacial score (nSPS) is 11.5. The molecule has 0 fully saturated rings. The molecule has 0 amide bonds. The second kappa shape index (κ2) is 3.79. The van der Waals surface area contributed by atoms with Gasteiger partial charge in [-0.15, -0.1) is 0 Å². The summed E-state index contributed by atoms with van der Waals surface area (Å²) in [5.74, 6) is 0. The van der Waals surface area contributed by atoms with Crippen molar-refractivity contribution in [3.05, 3.63) is 33.3 Å². The monoisotopic (exact) mass is 242 g/mol. The van der Waals surface area contributed by atoms with Crippen molar-refractivity contribution < 1.29 is 18.0 Å². The average Bonchev–Trinajstić information content (AvgIpc) is 2.07. The van der Waals surface area contributed by atoms with Crippen LogP contribution >= 0.6 is 23.2 Å². The summed E-state index contributed by atoms with van der Waals surface area (Å²) < 4.78 is 37.1. The largest absolute Gasteiger partial charge is 0.418 e. The molecule has 14 heavy (non-hydrogen) atoms. The number of hydrogen-bond acceptors (Lipinski definition) is 1. The highest BCUT2D eigenvalue weighted by molar-refractivity contribution is 6.42. The van der Waals surface area contributed by atoms with Gasteiger partial charge in [-0.05, 0) is 12.1 Å². The van der Waals surface area contributed by atoms with Gasteiger partial charge < -0.3 is 0 Å². The van der Waals surface area contributed by atoms with Crippen LogP contribution in [0.1, 0.15) is 15.9 Å². The minimum atomic E-state index is -4.68. The molecular formula is C8H3Cl2F3O. The van der Waals surface area contributed by atoms with Crippen LogP contribution in [0.3, 0.4) is 0 Å². The number of carbonyl (C=O) groups is 1. The maximum absolute atomic E-state index is 12.4. The third-order valence-corrected chi connectivity index (χ3v) is 2.34. The number of aldehydes is 1. The number of halogens is 5. The van der Waals surface area contributed by atoms with Crippen LogP contribution in [0.4, 0.5) is 13.2 Å². The fourth-order valence-electron chi connectivity index (χ4n) is 0.952. The van der Waals surface area contributed by atoms with Gasteiger partial charge in [-0.1, -0.05) is 23.2 Å². The molecule has 1 aromatic carbocycles. The fraction of sp³-hybridized carbons (Fsp3) is 0.125. The smallest absolute Gasteiger partial charge is 0.298 e. The third kappa shape index (κ3) is 2.01. The number of alkyl halides is 3. The minimum absolute atomic E-state index is 0.0883. The van der Waals surface area contributed by atoms with Crippen LogP contribution in [0, 0.1) is 0 Å². The molecule has 0 spiro atoms. The van der Waals surface area contributed by atoms with Gasteiger partial charge in [0.05, 0.1) is 15.6 Å². The van der Waals surface area contributed by atoms with Gasteiger partial charge in [0.2, 0.25) is 0 Å². The highest BCUT2D eigenvalue weighted by Crippen LogP contribution is 2.39. The lowest BCUT2D eigenvalue weighted by atomic mass is 10.1. The average molecular weight is 243 g/mol. The molecule has 0 aromatic heterocycles. The lowest BCUT2D eigenvalue weighted by Gasteiger charge is -2.11. The zero-order valence-electron chi connectivity index (χ0n) is 6.53. The molecule has 76 valence electrons. The van der Waals surface area contributed by atoms with Crippen LogP contribution in [0.15, 0.2) is 12.1 Å². The van der Waals surface area contributed by atoms with Gasteiger partial charge in [0.15, 0.2) is 6.29 Å². The van der Waals surface area contributed by atoms with E-state index in [4.69, 9.17) is 23.2 Å². The second-order valence-electron chi connectivity index (χ2n) is 2.44. The number of carbonyl (C=O) groups excluding carboxylic acids is 1. The Morgan fingerprint density at radius 1 is 1.21 bits per heavy atom. The summed E-state index contributed by atoms with van der Waals surface area (Å²) in [6, 6.07) is 2.12. The minimum Gasteiger partial charge on any atom is -0.298 e. The molecule has 1 rings (SSSR count). The van der Waals surface area contributed by atoms with E-state index in [1.165, 1.54) is 0 Å². The summed E-state index contributed by atoms with van der Waals surface area (Å²) in [5.41, 5.74) is -1.71. The third-order valence-electron chi connectivity index (χ3n) is 1.54. The summed E-state index contributed by atoms with van der Waals surface area (Å²) in [7, 11) is 0. The van der Waals surface area contributed by atoms with E-state index in [0.717, 1.165) is 12.1 Å². The van der Waals surface area contributed by atoms with Crippen molar-refractivity contribution in [3.8, 4) is 0 Å². The molecule has 6 heteroatoms. The van der Waals surface area contributed by atoms with Crippen molar-refractivity contribution in [3.63, 3.8) is 0 Å². The quantitative estimate of drug-likeness (QED) is 0.685. The molecular weight excluding hydrogens is 240 g/mol. The summed E-state index contributed by atoms with van der Waals surface area (Å²) in [6.07, 6.45) is -4.59. The first-order valence-electron chi connectivity index (χ1n) is 3.38. The molecule has 0 aliphatic carbocycles. The predicted molar refractivity (Wildman–Crippen MR) is 46.9 cm³/mol. The van der Waals surface area contributed by atoms with E-state index in [1.54, 1.807) is 0 Å². The van der Waals surface area contributed by atoms with Crippen molar-refractivity contribution in [2.75, 3.05) is 0 Å². The Morgan fingerprint density at radius 2 is 1.79 bits per heavy atom. The molecule has 0 radical (unpaired) electrons. The molecule has 1 aromatic rings. The molecule has 0 bridgehead atoms. The maximum Gasteiger partial charge on any atom is 0.418 e. The van der Waals surface area contributed by atoms with Crippen LogP contribution in [0.25, 0.3) is 0 Å². The first kappa shape index (κ1) is 11.3. The van der Waals surface area contributed by atoms with Crippen molar-refractivity contribution in [1.29, 1.82) is 0 Å². The summed E-state index contributed by atoms with van der Waals surface area (Å²) in [4.78, 5) is 10.3. The summed E-state index contributed by atoms with van der Waals surface area (Å²) in [5, 5.41) is -0.881. The first-order valence-corrected chi connectivity index (χ1v) is 4.14. The van der Waals surface area contributed by atoms with Crippen LogP contribution in [0.5, 0.6) is 0 Å². The Balaban J connectivity index is 3.51. The van der Waals surface area contributed by atoms with Crippen LogP contribution in [-0.2, 0) is 6.18 Å². The summed E-state index contributed by atoms with van der Waals surface area (Å²) in [6.45, 7) is 0. The number of rotatable bonds is 1. The van der Waals surface area contributed by atoms with Crippen LogP contribution in [-0.4, -0.2) is 6.29 Å². The van der Waals surface area contributed by atoms with Gasteiger partial charge in [-0.3, -0.25) is 4.79 Å². The van der Waals surface area contributed by atoms with E-state index >= 15 is 0 Å². The Bertz CT molecular complexity index is 374. The molecule has 0 unspecified atom stereocenters. The van der Waals surface area contributed by atoms with Crippen LogP contribution in [0.2, 0.25) is 10.0 Å². The van der Waals surface area contributed by atoms with E-state index < -0.39 is 22.3 Å². The van der Waals surface area contributed by atoms with Crippen molar-refractivity contribution in [1.82, 2.24) is 0 Å². The molecule has 0 heterocycles.